The molecule has 1 aliphatic carbocycles. The highest BCUT2D eigenvalue weighted by Gasteiger charge is 2.14. The van der Waals surface area contributed by atoms with E-state index >= 15 is 0 Å². The number of aryl methyl sites for hydroxylation is 1. The first-order valence-corrected chi connectivity index (χ1v) is 7.63. The summed E-state index contributed by atoms with van der Waals surface area (Å²) in [6, 6.07) is 12.8. The third-order valence-corrected chi connectivity index (χ3v) is 4.32. The predicted octanol–water partition coefficient (Wildman–Crippen LogP) is 3.91. The van der Waals surface area contributed by atoms with Crippen LogP contribution < -0.4 is 14.8 Å². The van der Waals surface area contributed by atoms with Crippen molar-refractivity contribution in [2.45, 2.75) is 32.2 Å². The zero-order valence-electron chi connectivity index (χ0n) is 12.0. The normalized spacial score (nSPS) is 15.6. The fraction of sp³-hybridized carbons (Fsp3) is 0.333. The summed E-state index contributed by atoms with van der Waals surface area (Å²) in [5.74, 6) is 1.69. The van der Waals surface area contributed by atoms with Gasteiger partial charge in [-0.05, 0) is 60.6 Å². The Morgan fingerprint density at radius 2 is 1.86 bits per heavy atom. The van der Waals surface area contributed by atoms with Gasteiger partial charge in [0, 0.05) is 12.2 Å². The monoisotopic (exact) mass is 281 g/mol. The molecule has 0 unspecified atom stereocenters. The van der Waals surface area contributed by atoms with E-state index in [0.29, 0.717) is 6.79 Å². The average molecular weight is 281 g/mol. The van der Waals surface area contributed by atoms with Crippen molar-refractivity contribution in [2.75, 3.05) is 12.1 Å². The van der Waals surface area contributed by atoms with Gasteiger partial charge in [0.2, 0.25) is 6.79 Å². The van der Waals surface area contributed by atoms with Gasteiger partial charge in [0.15, 0.2) is 11.5 Å². The molecule has 2 aromatic carbocycles. The van der Waals surface area contributed by atoms with Crippen LogP contribution in [0.1, 0.15) is 29.5 Å². The summed E-state index contributed by atoms with van der Waals surface area (Å²) in [5, 5.41) is 3.58. The molecule has 1 N–H and O–H groups in total. The molecule has 1 heterocycles. The minimum atomic E-state index is 0.332. The van der Waals surface area contributed by atoms with E-state index in [0.717, 1.165) is 18.0 Å². The fourth-order valence-corrected chi connectivity index (χ4v) is 3.20. The first-order valence-electron chi connectivity index (χ1n) is 7.63. The van der Waals surface area contributed by atoms with E-state index in [2.05, 4.69) is 35.6 Å². The highest BCUT2D eigenvalue weighted by molar-refractivity contribution is 5.56. The Hall–Kier alpha value is -2.16. The van der Waals surface area contributed by atoms with Crippen molar-refractivity contribution in [3.63, 3.8) is 0 Å². The first-order chi connectivity index (χ1) is 10.4. The Bertz CT molecular complexity index is 666. The number of hydrogen-bond donors (Lipinski definition) is 1. The molecule has 0 bridgehead atoms. The Labute approximate surface area is 124 Å². The summed E-state index contributed by atoms with van der Waals surface area (Å²) < 4.78 is 10.8. The van der Waals surface area contributed by atoms with Crippen molar-refractivity contribution in [1.82, 2.24) is 0 Å². The van der Waals surface area contributed by atoms with Gasteiger partial charge in [0.1, 0.15) is 0 Å². The molecule has 2 aliphatic rings. The van der Waals surface area contributed by atoms with Gasteiger partial charge in [-0.2, -0.15) is 0 Å². The van der Waals surface area contributed by atoms with Crippen LogP contribution in [-0.2, 0) is 19.4 Å². The molecule has 0 spiro atoms. The van der Waals surface area contributed by atoms with E-state index in [1.807, 2.05) is 6.07 Å². The van der Waals surface area contributed by atoms with Gasteiger partial charge in [-0.15, -0.1) is 0 Å². The Morgan fingerprint density at radius 3 is 2.86 bits per heavy atom. The number of ether oxygens (including phenoxy) is 2. The molecule has 0 saturated carbocycles. The highest BCUT2D eigenvalue weighted by Crippen LogP contribution is 2.33. The summed E-state index contributed by atoms with van der Waals surface area (Å²) in [4.78, 5) is 0. The summed E-state index contributed by atoms with van der Waals surface area (Å²) >= 11 is 0. The van der Waals surface area contributed by atoms with Crippen LogP contribution in [0.15, 0.2) is 36.4 Å². The van der Waals surface area contributed by atoms with Crippen LogP contribution in [0.25, 0.3) is 0 Å². The van der Waals surface area contributed by atoms with Gasteiger partial charge in [-0.25, -0.2) is 0 Å². The van der Waals surface area contributed by atoms with Crippen LogP contribution in [-0.4, -0.2) is 6.79 Å². The molecule has 0 saturated heterocycles. The molecule has 21 heavy (non-hydrogen) atoms. The number of fused-ring (bicyclic) bond motifs is 2. The van der Waals surface area contributed by atoms with Crippen LogP contribution in [0.5, 0.6) is 11.5 Å². The van der Waals surface area contributed by atoms with Crippen LogP contribution in [0.2, 0.25) is 0 Å². The molecule has 0 amide bonds. The molecule has 0 fully saturated rings. The van der Waals surface area contributed by atoms with Gasteiger partial charge >= 0.3 is 0 Å². The fourth-order valence-electron chi connectivity index (χ4n) is 3.20. The highest BCUT2D eigenvalue weighted by atomic mass is 16.7. The van der Waals surface area contributed by atoms with Gasteiger partial charge < -0.3 is 14.8 Å². The van der Waals surface area contributed by atoms with Gasteiger partial charge in [0.05, 0.1) is 0 Å². The van der Waals surface area contributed by atoms with E-state index in [1.165, 1.54) is 48.1 Å². The van der Waals surface area contributed by atoms with Gasteiger partial charge in [-0.3, -0.25) is 0 Å². The minimum absolute atomic E-state index is 0.332. The lowest BCUT2D eigenvalue weighted by Crippen LogP contribution is -2.08. The second kappa shape index (κ2) is 5.32. The molecule has 108 valence electrons. The Morgan fingerprint density at radius 1 is 0.952 bits per heavy atom. The number of hydrogen-bond acceptors (Lipinski definition) is 3. The molecule has 2 aromatic rings. The van der Waals surface area contributed by atoms with Crippen molar-refractivity contribution >= 4 is 5.69 Å². The summed E-state index contributed by atoms with van der Waals surface area (Å²) in [5.41, 5.74) is 5.51. The van der Waals surface area contributed by atoms with Crippen molar-refractivity contribution in [1.29, 1.82) is 0 Å². The average Bonchev–Trinajstić information content (AvgIpc) is 3.00. The van der Waals surface area contributed by atoms with E-state index < -0.39 is 0 Å². The first kappa shape index (κ1) is 12.6. The molecule has 1 aliphatic heterocycles. The second-order valence-electron chi connectivity index (χ2n) is 5.69. The van der Waals surface area contributed by atoms with Gasteiger partial charge in [-0.1, -0.05) is 18.2 Å². The lowest BCUT2D eigenvalue weighted by Gasteiger charge is -2.20. The second-order valence-corrected chi connectivity index (χ2v) is 5.69. The van der Waals surface area contributed by atoms with E-state index in [1.54, 1.807) is 0 Å². The lowest BCUT2D eigenvalue weighted by atomic mass is 9.90. The molecule has 4 rings (SSSR count). The van der Waals surface area contributed by atoms with E-state index in [9.17, 15) is 0 Å². The smallest absolute Gasteiger partial charge is 0.231 e. The molecule has 0 aromatic heterocycles. The van der Waals surface area contributed by atoms with Gasteiger partial charge in [0.25, 0.3) is 0 Å². The lowest BCUT2D eigenvalue weighted by molar-refractivity contribution is 0.174. The Balaban J connectivity index is 1.52. The number of benzene rings is 2. The quantitative estimate of drug-likeness (QED) is 0.925. The molecule has 0 atom stereocenters. The SMILES string of the molecule is c1cc2c(c(NCc3ccc4c(c3)OCO4)c1)CCCC2. The summed E-state index contributed by atoms with van der Waals surface area (Å²) in [6.45, 7) is 1.14. The van der Waals surface area contributed by atoms with Crippen LogP contribution >= 0.6 is 0 Å². The molecular weight excluding hydrogens is 262 g/mol. The van der Waals surface area contributed by atoms with Crippen LogP contribution in [0.4, 0.5) is 5.69 Å². The number of nitrogens with one attached hydrogen (secondary N) is 1. The topological polar surface area (TPSA) is 30.5 Å². The third kappa shape index (κ3) is 2.44. The van der Waals surface area contributed by atoms with Crippen LogP contribution in [0.3, 0.4) is 0 Å². The molecule has 0 radical (unpaired) electrons. The third-order valence-electron chi connectivity index (χ3n) is 4.32. The molecule has 3 heteroatoms. The zero-order valence-corrected chi connectivity index (χ0v) is 12.0. The minimum Gasteiger partial charge on any atom is -0.454 e. The standard InChI is InChI=1S/C18H19NO2/c1-2-6-15-14(4-1)5-3-7-16(15)19-11-13-8-9-17-18(10-13)21-12-20-17/h3,5,7-10,19H,1-2,4,6,11-12H2. The van der Waals surface area contributed by atoms with Crippen molar-refractivity contribution in [2.24, 2.45) is 0 Å². The van der Waals surface area contributed by atoms with E-state index in [4.69, 9.17) is 9.47 Å². The van der Waals surface area contributed by atoms with Crippen molar-refractivity contribution < 1.29 is 9.47 Å². The molecular formula is C18H19NO2. The maximum atomic E-state index is 5.43. The van der Waals surface area contributed by atoms with Crippen LogP contribution in [0, 0.1) is 0 Å². The zero-order chi connectivity index (χ0) is 14.1. The maximum Gasteiger partial charge on any atom is 0.231 e. The summed E-state index contributed by atoms with van der Waals surface area (Å²) in [7, 11) is 0. The predicted molar refractivity (Wildman–Crippen MR) is 83.0 cm³/mol. The largest absolute Gasteiger partial charge is 0.454 e. The Kier molecular flexibility index (Phi) is 3.18. The van der Waals surface area contributed by atoms with E-state index in [-0.39, 0.29) is 0 Å². The van der Waals surface area contributed by atoms with Crippen molar-refractivity contribution in [3.8, 4) is 11.5 Å². The van der Waals surface area contributed by atoms with Crippen molar-refractivity contribution in [3.05, 3.63) is 53.1 Å². The maximum absolute atomic E-state index is 5.43. The number of rotatable bonds is 3. The summed E-state index contributed by atoms with van der Waals surface area (Å²) in [6.07, 6.45) is 5.03. The number of anilines is 1. The molecule has 3 nitrogen and oxygen atoms in total.